The van der Waals surface area contributed by atoms with Crippen molar-refractivity contribution in [3.63, 3.8) is 0 Å². The first-order valence-electron chi connectivity index (χ1n) is 4.76. The number of aromatic nitrogens is 2. The van der Waals surface area contributed by atoms with E-state index in [0.717, 1.165) is 25.5 Å². The van der Waals surface area contributed by atoms with Gasteiger partial charge in [0.2, 0.25) is 0 Å². The first-order valence-corrected chi connectivity index (χ1v) is 4.76. The summed E-state index contributed by atoms with van der Waals surface area (Å²) < 4.78 is 7.27. The minimum atomic E-state index is 0.276. The van der Waals surface area contributed by atoms with Crippen LogP contribution in [0.2, 0.25) is 0 Å². The molecule has 0 bridgehead atoms. The Morgan fingerprint density at radius 3 is 2.93 bits per heavy atom. The zero-order valence-corrected chi connectivity index (χ0v) is 8.60. The van der Waals surface area contributed by atoms with Crippen LogP contribution in [-0.4, -0.2) is 41.5 Å². The van der Waals surface area contributed by atoms with E-state index in [-0.39, 0.29) is 6.04 Å². The van der Waals surface area contributed by atoms with Crippen LogP contribution in [0.15, 0.2) is 6.07 Å². The summed E-state index contributed by atoms with van der Waals surface area (Å²) >= 11 is 0. The molecule has 2 heterocycles. The van der Waals surface area contributed by atoms with Crippen molar-refractivity contribution in [2.45, 2.75) is 6.04 Å². The van der Waals surface area contributed by atoms with Crippen LogP contribution in [0.5, 0.6) is 0 Å². The smallest absolute Gasteiger partial charge is 0.145 e. The fourth-order valence-corrected chi connectivity index (χ4v) is 1.81. The van der Waals surface area contributed by atoms with Gasteiger partial charge in [-0.2, -0.15) is 5.10 Å². The first-order chi connectivity index (χ1) is 6.68. The van der Waals surface area contributed by atoms with Gasteiger partial charge in [0.1, 0.15) is 5.82 Å². The van der Waals surface area contributed by atoms with E-state index in [0.29, 0.717) is 5.82 Å². The molecule has 2 rings (SSSR count). The lowest BCUT2D eigenvalue weighted by Crippen LogP contribution is -2.37. The van der Waals surface area contributed by atoms with Gasteiger partial charge in [-0.05, 0) is 7.05 Å². The lowest BCUT2D eigenvalue weighted by Gasteiger charge is -2.32. The molecule has 1 saturated heterocycles. The molecule has 1 atom stereocenters. The fraction of sp³-hybridized carbons (Fsp3) is 0.667. The molecule has 1 aromatic heterocycles. The Morgan fingerprint density at radius 2 is 2.36 bits per heavy atom. The molecule has 2 N–H and O–H groups in total. The normalized spacial score (nSPS) is 24.0. The van der Waals surface area contributed by atoms with Crippen molar-refractivity contribution in [3.05, 3.63) is 11.8 Å². The number of hydrogen-bond acceptors (Lipinski definition) is 4. The van der Waals surface area contributed by atoms with Gasteiger partial charge < -0.3 is 10.5 Å². The van der Waals surface area contributed by atoms with Crippen LogP contribution in [0, 0.1) is 0 Å². The van der Waals surface area contributed by atoms with Gasteiger partial charge in [-0.1, -0.05) is 0 Å². The van der Waals surface area contributed by atoms with Crippen molar-refractivity contribution in [2.75, 3.05) is 32.5 Å². The topological polar surface area (TPSA) is 56.3 Å². The lowest BCUT2D eigenvalue weighted by atomic mass is 10.1. The number of anilines is 1. The van der Waals surface area contributed by atoms with Crippen molar-refractivity contribution in [1.82, 2.24) is 14.7 Å². The average Bonchev–Trinajstić information content (AvgIpc) is 2.46. The third-order valence-corrected chi connectivity index (χ3v) is 2.67. The first kappa shape index (κ1) is 9.48. The van der Waals surface area contributed by atoms with Crippen molar-refractivity contribution in [2.24, 2.45) is 7.05 Å². The van der Waals surface area contributed by atoms with Crippen LogP contribution in [-0.2, 0) is 11.8 Å². The molecule has 0 aliphatic carbocycles. The van der Waals surface area contributed by atoms with Crippen LogP contribution < -0.4 is 5.73 Å². The molecular weight excluding hydrogens is 180 g/mol. The summed E-state index contributed by atoms with van der Waals surface area (Å²) in [6, 6.07) is 2.19. The second-order valence-electron chi connectivity index (χ2n) is 3.69. The molecule has 78 valence electrons. The summed E-state index contributed by atoms with van der Waals surface area (Å²) in [4.78, 5) is 2.26. The van der Waals surface area contributed by atoms with E-state index in [4.69, 9.17) is 10.5 Å². The van der Waals surface area contributed by atoms with Gasteiger partial charge in [0, 0.05) is 19.7 Å². The molecule has 1 aliphatic heterocycles. The Bertz CT molecular complexity index is 323. The molecule has 0 aromatic carbocycles. The highest BCUT2D eigenvalue weighted by Gasteiger charge is 2.24. The highest BCUT2D eigenvalue weighted by atomic mass is 16.5. The van der Waals surface area contributed by atoms with Gasteiger partial charge >= 0.3 is 0 Å². The van der Waals surface area contributed by atoms with Gasteiger partial charge in [0.05, 0.1) is 24.9 Å². The molecule has 1 aromatic rings. The number of ether oxygens (including phenoxy) is 1. The maximum atomic E-state index is 5.64. The van der Waals surface area contributed by atoms with Gasteiger partial charge in [0.25, 0.3) is 0 Å². The van der Waals surface area contributed by atoms with Crippen LogP contribution >= 0.6 is 0 Å². The summed E-state index contributed by atoms with van der Waals surface area (Å²) in [6.45, 7) is 2.48. The molecule has 0 spiro atoms. The summed E-state index contributed by atoms with van der Waals surface area (Å²) in [5.41, 5.74) is 6.76. The number of likely N-dealkylation sites (N-methyl/N-ethyl adjacent to an activating group) is 1. The van der Waals surface area contributed by atoms with Crippen LogP contribution in [0.25, 0.3) is 0 Å². The van der Waals surface area contributed by atoms with Crippen molar-refractivity contribution in [3.8, 4) is 0 Å². The van der Waals surface area contributed by atoms with E-state index in [9.17, 15) is 0 Å². The average molecular weight is 196 g/mol. The molecule has 5 heteroatoms. The highest BCUT2D eigenvalue weighted by molar-refractivity contribution is 5.31. The van der Waals surface area contributed by atoms with Crippen LogP contribution in [0.1, 0.15) is 11.7 Å². The van der Waals surface area contributed by atoms with E-state index in [1.54, 1.807) is 0 Å². The molecule has 0 saturated carbocycles. The maximum absolute atomic E-state index is 5.64. The number of nitrogen functional groups attached to an aromatic ring is 1. The van der Waals surface area contributed by atoms with E-state index in [1.165, 1.54) is 0 Å². The summed E-state index contributed by atoms with van der Waals surface area (Å²) in [5.74, 6) is 0.571. The Kier molecular flexibility index (Phi) is 2.43. The maximum Gasteiger partial charge on any atom is 0.145 e. The molecular formula is C9H16N4O. The minimum Gasteiger partial charge on any atom is -0.382 e. The Morgan fingerprint density at radius 1 is 1.57 bits per heavy atom. The van der Waals surface area contributed by atoms with Crippen molar-refractivity contribution in [1.29, 1.82) is 0 Å². The highest BCUT2D eigenvalue weighted by Crippen LogP contribution is 2.23. The molecule has 5 nitrogen and oxygen atoms in total. The third-order valence-electron chi connectivity index (χ3n) is 2.67. The number of morpholine rings is 1. The zero-order valence-electron chi connectivity index (χ0n) is 8.60. The molecule has 0 radical (unpaired) electrons. The summed E-state index contributed by atoms with van der Waals surface area (Å²) in [5, 5.41) is 4.13. The molecule has 0 amide bonds. The fourth-order valence-electron chi connectivity index (χ4n) is 1.81. The Balaban J connectivity index is 2.24. The predicted molar refractivity (Wildman–Crippen MR) is 53.8 cm³/mol. The lowest BCUT2D eigenvalue weighted by molar-refractivity contribution is 0.00218. The SMILES string of the molecule is CN1CCOCC1c1cc(N)nn1C. The van der Waals surface area contributed by atoms with Gasteiger partial charge in [0.15, 0.2) is 0 Å². The van der Waals surface area contributed by atoms with Gasteiger partial charge in [-0.3, -0.25) is 9.58 Å². The second-order valence-corrected chi connectivity index (χ2v) is 3.69. The Labute approximate surface area is 83.4 Å². The molecule has 1 unspecified atom stereocenters. The van der Waals surface area contributed by atoms with Crippen molar-refractivity contribution < 1.29 is 4.74 Å². The second kappa shape index (κ2) is 3.59. The standard InChI is InChI=1S/C9H16N4O/c1-12-3-4-14-6-8(12)7-5-9(10)11-13(7)2/h5,8H,3-4,6H2,1-2H3,(H2,10,11). The van der Waals surface area contributed by atoms with Gasteiger partial charge in [-0.15, -0.1) is 0 Å². The van der Waals surface area contributed by atoms with Crippen LogP contribution in [0.3, 0.4) is 0 Å². The Hall–Kier alpha value is -1.07. The van der Waals surface area contributed by atoms with Crippen LogP contribution in [0.4, 0.5) is 5.82 Å². The largest absolute Gasteiger partial charge is 0.382 e. The third kappa shape index (κ3) is 1.60. The molecule has 1 aliphatic rings. The van der Waals surface area contributed by atoms with E-state index < -0.39 is 0 Å². The molecule has 1 fully saturated rings. The van der Waals surface area contributed by atoms with E-state index in [1.807, 2.05) is 17.8 Å². The quantitative estimate of drug-likeness (QED) is 0.687. The number of rotatable bonds is 1. The number of nitrogens with two attached hydrogens (primary N) is 1. The minimum absolute atomic E-state index is 0.276. The van der Waals surface area contributed by atoms with Crippen molar-refractivity contribution >= 4 is 5.82 Å². The predicted octanol–water partition coefficient (Wildman–Crippen LogP) is 0.00540. The monoisotopic (exact) mass is 196 g/mol. The molecule has 14 heavy (non-hydrogen) atoms. The number of hydrogen-bond donors (Lipinski definition) is 1. The summed E-state index contributed by atoms with van der Waals surface area (Å²) in [7, 11) is 4.00. The number of nitrogens with zero attached hydrogens (tertiary/aromatic N) is 3. The van der Waals surface area contributed by atoms with Gasteiger partial charge in [-0.25, -0.2) is 0 Å². The zero-order chi connectivity index (χ0) is 10.1. The van der Waals surface area contributed by atoms with E-state index >= 15 is 0 Å². The summed E-state index contributed by atoms with van der Waals surface area (Å²) in [6.07, 6.45) is 0. The van der Waals surface area contributed by atoms with E-state index in [2.05, 4.69) is 17.0 Å². The number of aryl methyl sites for hydroxylation is 1.